The van der Waals surface area contributed by atoms with Gasteiger partial charge in [0.1, 0.15) is 6.04 Å². The zero-order valence-electron chi connectivity index (χ0n) is 13.3. The van der Waals surface area contributed by atoms with Gasteiger partial charge in [0.25, 0.3) is 0 Å². The average molecular weight is 313 g/mol. The number of anilines is 1. The first-order valence-corrected chi connectivity index (χ1v) is 7.57. The van der Waals surface area contributed by atoms with E-state index in [0.717, 1.165) is 10.8 Å². The average Bonchev–Trinajstić information content (AvgIpc) is 2.88. The molecule has 3 rings (SSSR count). The van der Waals surface area contributed by atoms with Crippen LogP contribution in [0.5, 0.6) is 0 Å². The topological polar surface area (TPSA) is 92.4 Å². The predicted molar refractivity (Wildman–Crippen MR) is 87.5 cm³/mol. The van der Waals surface area contributed by atoms with Crippen molar-refractivity contribution in [1.29, 1.82) is 0 Å². The Labute approximate surface area is 133 Å². The maximum absolute atomic E-state index is 11.5. The molecule has 0 aliphatic carbocycles. The molecule has 0 radical (unpaired) electrons. The molecular formula is C16H19N5O2. The molecule has 23 heavy (non-hydrogen) atoms. The van der Waals surface area contributed by atoms with Crippen LogP contribution in [-0.4, -0.2) is 36.9 Å². The van der Waals surface area contributed by atoms with Crippen LogP contribution in [-0.2, 0) is 4.79 Å². The van der Waals surface area contributed by atoms with E-state index in [-0.39, 0.29) is 5.92 Å². The van der Waals surface area contributed by atoms with E-state index in [1.54, 1.807) is 4.52 Å². The van der Waals surface area contributed by atoms with Crippen molar-refractivity contribution in [2.75, 3.05) is 5.32 Å². The molecule has 0 saturated heterocycles. The van der Waals surface area contributed by atoms with Gasteiger partial charge in [-0.3, -0.25) is 0 Å². The van der Waals surface area contributed by atoms with Crippen LogP contribution in [0.25, 0.3) is 16.4 Å². The molecule has 0 saturated carbocycles. The molecule has 3 aromatic rings. The van der Waals surface area contributed by atoms with E-state index in [9.17, 15) is 9.90 Å². The molecular weight excluding hydrogens is 294 g/mol. The van der Waals surface area contributed by atoms with Gasteiger partial charge >= 0.3 is 5.97 Å². The number of aromatic nitrogens is 4. The quantitative estimate of drug-likeness (QED) is 0.752. The smallest absolute Gasteiger partial charge is 0.326 e. The van der Waals surface area contributed by atoms with Gasteiger partial charge < -0.3 is 10.4 Å². The van der Waals surface area contributed by atoms with Crippen LogP contribution in [0.4, 0.5) is 5.82 Å². The number of hydrogen-bond acceptors (Lipinski definition) is 5. The van der Waals surface area contributed by atoms with E-state index >= 15 is 0 Å². The Morgan fingerprint density at radius 2 is 1.96 bits per heavy atom. The lowest BCUT2D eigenvalue weighted by Crippen LogP contribution is -2.31. The minimum absolute atomic E-state index is 0.259. The Kier molecular flexibility index (Phi) is 3.85. The van der Waals surface area contributed by atoms with Crippen LogP contribution in [0.3, 0.4) is 0 Å². The lowest BCUT2D eigenvalue weighted by atomic mass is 10.0. The lowest BCUT2D eigenvalue weighted by Gasteiger charge is -2.18. The van der Waals surface area contributed by atoms with Crippen molar-refractivity contribution in [2.24, 2.45) is 5.92 Å². The van der Waals surface area contributed by atoms with Crippen molar-refractivity contribution in [3.8, 4) is 0 Å². The molecule has 0 aliphatic heterocycles. The van der Waals surface area contributed by atoms with Gasteiger partial charge in [-0.2, -0.15) is 4.52 Å². The Morgan fingerprint density at radius 1 is 1.26 bits per heavy atom. The molecule has 0 bridgehead atoms. The third-order valence-corrected chi connectivity index (χ3v) is 3.74. The summed E-state index contributed by atoms with van der Waals surface area (Å²) in [7, 11) is 0. The van der Waals surface area contributed by atoms with Crippen molar-refractivity contribution in [3.63, 3.8) is 0 Å². The Balaban J connectivity index is 2.14. The highest BCUT2D eigenvalue weighted by molar-refractivity contribution is 6.00. The summed E-state index contributed by atoms with van der Waals surface area (Å²) in [6.45, 7) is 5.81. The van der Waals surface area contributed by atoms with Gasteiger partial charge in [-0.1, -0.05) is 38.1 Å². The number of benzene rings is 1. The molecule has 0 unspecified atom stereocenters. The summed E-state index contributed by atoms with van der Waals surface area (Å²) >= 11 is 0. The van der Waals surface area contributed by atoms with Gasteiger partial charge in [0.05, 0.1) is 0 Å². The summed E-state index contributed by atoms with van der Waals surface area (Å²) in [5, 5.41) is 27.0. The SMILES string of the molecule is Cc1nnc2c3ccccc3c(N[C@@H](CC(C)C)C(=O)O)nn12. The molecule has 2 aromatic heterocycles. The van der Waals surface area contributed by atoms with E-state index in [4.69, 9.17) is 0 Å². The molecule has 1 atom stereocenters. The van der Waals surface area contributed by atoms with Crippen molar-refractivity contribution in [2.45, 2.75) is 33.2 Å². The molecule has 1 aromatic carbocycles. The first-order valence-electron chi connectivity index (χ1n) is 7.57. The first kappa shape index (κ1) is 15.2. The number of carbonyl (C=O) groups is 1. The van der Waals surface area contributed by atoms with Gasteiger partial charge in [-0.25, -0.2) is 4.79 Å². The third-order valence-electron chi connectivity index (χ3n) is 3.74. The lowest BCUT2D eigenvalue weighted by molar-refractivity contribution is -0.138. The van der Waals surface area contributed by atoms with Crippen LogP contribution in [0.15, 0.2) is 24.3 Å². The van der Waals surface area contributed by atoms with Crippen molar-refractivity contribution in [1.82, 2.24) is 19.8 Å². The van der Waals surface area contributed by atoms with E-state index in [0.29, 0.717) is 23.7 Å². The number of fused-ring (bicyclic) bond motifs is 3. The van der Waals surface area contributed by atoms with E-state index < -0.39 is 12.0 Å². The Hall–Kier alpha value is -2.70. The second-order valence-corrected chi connectivity index (χ2v) is 6.04. The normalized spacial score (nSPS) is 12.9. The fourth-order valence-electron chi connectivity index (χ4n) is 2.65. The molecule has 0 fully saturated rings. The molecule has 0 amide bonds. The Morgan fingerprint density at radius 3 is 2.61 bits per heavy atom. The molecule has 0 aliphatic rings. The summed E-state index contributed by atoms with van der Waals surface area (Å²) < 4.78 is 1.64. The third kappa shape index (κ3) is 2.81. The summed E-state index contributed by atoms with van der Waals surface area (Å²) in [4.78, 5) is 11.5. The molecule has 7 nitrogen and oxygen atoms in total. The van der Waals surface area contributed by atoms with E-state index in [1.807, 2.05) is 45.0 Å². The molecule has 120 valence electrons. The largest absolute Gasteiger partial charge is 0.480 e. The summed E-state index contributed by atoms with van der Waals surface area (Å²) in [5.41, 5.74) is 0.666. The standard InChI is InChI=1S/C16H19N5O2/c1-9(2)8-13(16(22)23)17-14-11-6-4-5-7-12(11)15-19-18-10(3)21(15)20-14/h4-7,9,13H,8H2,1-3H3,(H,17,20)(H,22,23)/t13-/m0/s1. The number of nitrogens with zero attached hydrogens (tertiary/aromatic N) is 4. The van der Waals surface area contributed by atoms with Crippen molar-refractivity contribution >= 4 is 28.2 Å². The summed E-state index contributed by atoms with van der Waals surface area (Å²) in [6.07, 6.45) is 0.518. The minimum atomic E-state index is -0.884. The van der Waals surface area contributed by atoms with Crippen LogP contribution in [0.2, 0.25) is 0 Å². The zero-order valence-corrected chi connectivity index (χ0v) is 13.3. The van der Waals surface area contributed by atoms with Crippen LogP contribution >= 0.6 is 0 Å². The Bertz CT molecular complexity index is 871. The number of hydrogen-bond donors (Lipinski definition) is 2. The van der Waals surface area contributed by atoms with Crippen LogP contribution < -0.4 is 5.32 Å². The van der Waals surface area contributed by atoms with Gasteiger partial charge in [0.15, 0.2) is 17.3 Å². The minimum Gasteiger partial charge on any atom is -0.480 e. The van der Waals surface area contributed by atoms with Gasteiger partial charge in [-0.15, -0.1) is 15.3 Å². The highest BCUT2D eigenvalue weighted by Gasteiger charge is 2.21. The molecule has 2 N–H and O–H groups in total. The fraction of sp³-hybridized carbons (Fsp3) is 0.375. The number of aliphatic carboxylic acids is 1. The second-order valence-electron chi connectivity index (χ2n) is 6.04. The van der Waals surface area contributed by atoms with Gasteiger partial charge in [0.2, 0.25) is 0 Å². The maximum Gasteiger partial charge on any atom is 0.326 e. The second kappa shape index (κ2) is 5.83. The fourth-order valence-corrected chi connectivity index (χ4v) is 2.65. The predicted octanol–water partition coefficient (Wildman–Crippen LogP) is 2.50. The number of carboxylic acid groups (broad SMARTS) is 1. The number of aryl methyl sites for hydroxylation is 1. The number of rotatable bonds is 5. The molecule has 2 heterocycles. The highest BCUT2D eigenvalue weighted by Crippen LogP contribution is 2.25. The monoisotopic (exact) mass is 313 g/mol. The van der Waals surface area contributed by atoms with Gasteiger partial charge in [-0.05, 0) is 19.3 Å². The maximum atomic E-state index is 11.5. The number of carboxylic acids is 1. The first-order chi connectivity index (χ1) is 11.0. The zero-order chi connectivity index (χ0) is 16.6. The van der Waals surface area contributed by atoms with Crippen molar-refractivity contribution in [3.05, 3.63) is 30.1 Å². The summed E-state index contributed by atoms with van der Waals surface area (Å²) in [5.74, 6) is 0.564. The summed E-state index contributed by atoms with van der Waals surface area (Å²) in [6, 6.07) is 6.96. The molecule has 0 spiro atoms. The van der Waals surface area contributed by atoms with Gasteiger partial charge in [0, 0.05) is 10.8 Å². The molecule has 7 heteroatoms. The number of nitrogens with one attached hydrogen (secondary N) is 1. The van der Waals surface area contributed by atoms with E-state index in [1.165, 1.54) is 0 Å². The van der Waals surface area contributed by atoms with Crippen molar-refractivity contribution < 1.29 is 9.90 Å². The van der Waals surface area contributed by atoms with Crippen LogP contribution in [0.1, 0.15) is 26.1 Å². The highest BCUT2D eigenvalue weighted by atomic mass is 16.4. The van der Waals surface area contributed by atoms with E-state index in [2.05, 4.69) is 20.6 Å². The van der Waals surface area contributed by atoms with Crippen LogP contribution in [0, 0.1) is 12.8 Å².